The van der Waals surface area contributed by atoms with Crippen LogP contribution in [0.4, 0.5) is 0 Å². The average molecular weight is 492 g/mol. The first-order valence-electron chi connectivity index (χ1n) is 11.9. The number of unbranched alkanes of at least 4 members (excludes halogenated alkanes) is 2. The lowest BCUT2D eigenvalue weighted by molar-refractivity contribution is 0.0953. The molecule has 0 aliphatic heterocycles. The van der Waals surface area contributed by atoms with Crippen LogP contribution in [0.3, 0.4) is 0 Å². The number of aromatic nitrogens is 2. The molecule has 7 heteroatoms. The number of rotatable bonds is 12. The van der Waals surface area contributed by atoms with Crippen LogP contribution >= 0.6 is 11.6 Å². The quantitative estimate of drug-likeness (QED) is 0.250. The summed E-state index contributed by atoms with van der Waals surface area (Å²) in [6.45, 7) is 1.85. The fourth-order valence-electron chi connectivity index (χ4n) is 4.07. The maximum absolute atomic E-state index is 12.2. The van der Waals surface area contributed by atoms with Gasteiger partial charge in [-0.3, -0.25) is 4.79 Å². The number of carbonyl (C=O) groups is 1. The first-order chi connectivity index (χ1) is 17.2. The van der Waals surface area contributed by atoms with Gasteiger partial charge in [-0.05, 0) is 55.3 Å². The number of para-hydroxylation sites is 4. The number of fused-ring (bicyclic) bond motifs is 1. The molecule has 0 spiro atoms. The normalized spacial score (nSPS) is 10.9. The highest BCUT2D eigenvalue weighted by Gasteiger charge is 2.11. The summed E-state index contributed by atoms with van der Waals surface area (Å²) >= 11 is 5.97. The average Bonchev–Trinajstić information content (AvgIpc) is 3.23. The monoisotopic (exact) mass is 491 g/mol. The molecule has 1 N–H and O–H groups in total. The van der Waals surface area contributed by atoms with Gasteiger partial charge in [0.1, 0.15) is 12.4 Å². The number of methoxy groups -OCH3 is 1. The van der Waals surface area contributed by atoms with Gasteiger partial charge >= 0.3 is 0 Å². The lowest BCUT2D eigenvalue weighted by Crippen LogP contribution is -2.24. The summed E-state index contributed by atoms with van der Waals surface area (Å²) in [4.78, 5) is 17.1. The number of hydrogen-bond acceptors (Lipinski definition) is 4. The van der Waals surface area contributed by atoms with Crippen LogP contribution in [-0.4, -0.2) is 35.7 Å². The third-order valence-corrected chi connectivity index (χ3v) is 6.06. The molecule has 1 amide bonds. The Morgan fingerprint density at radius 2 is 1.77 bits per heavy atom. The Labute approximate surface area is 210 Å². The molecule has 0 saturated carbocycles. The van der Waals surface area contributed by atoms with Gasteiger partial charge in [-0.15, -0.1) is 0 Å². The maximum Gasteiger partial charge on any atom is 0.251 e. The molecule has 0 atom stereocenters. The molecular formula is C28H30ClN3O3. The van der Waals surface area contributed by atoms with Gasteiger partial charge in [0.15, 0.2) is 11.5 Å². The highest BCUT2D eigenvalue weighted by Crippen LogP contribution is 2.26. The van der Waals surface area contributed by atoms with Crippen molar-refractivity contribution in [2.75, 3.05) is 20.3 Å². The van der Waals surface area contributed by atoms with Crippen molar-refractivity contribution in [3.63, 3.8) is 0 Å². The topological polar surface area (TPSA) is 65.4 Å². The largest absolute Gasteiger partial charge is 0.493 e. The number of halogens is 1. The number of nitrogens with zero attached hydrogens (tertiary/aromatic N) is 2. The van der Waals surface area contributed by atoms with E-state index in [1.54, 1.807) is 31.4 Å². The van der Waals surface area contributed by atoms with Crippen molar-refractivity contribution in [2.45, 2.75) is 32.2 Å². The molecule has 0 bridgehead atoms. The third kappa shape index (κ3) is 6.55. The van der Waals surface area contributed by atoms with Crippen LogP contribution < -0.4 is 14.8 Å². The minimum atomic E-state index is -0.0932. The van der Waals surface area contributed by atoms with E-state index in [0.717, 1.165) is 54.0 Å². The second-order valence-corrected chi connectivity index (χ2v) is 8.68. The van der Waals surface area contributed by atoms with Crippen molar-refractivity contribution < 1.29 is 14.3 Å². The van der Waals surface area contributed by atoms with E-state index in [-0.39, 0.29) is 5.91 Å². The highest BCUT2D eigenvalue weighted by atomic mass is 35.5. The van der Waals surface area contributed by atoms with Gasteiger partial charge in [-0.25, -0.2) is 4.98 Å². The minimum absolute atomic E-state index is 0.0932. The molecular weight excluding hydrogens is 462 g/mol. The van der Waals surface area contributed by atoms with Crippen LogP contribution in [0.15, 0.2) is 72.8 Å². The molecule has 0 saturated heterocycles. The van der Waals surface area contributed by atoms with E-state index in [1.807, 2.05) is 42.5 Å². The number of aryl methyl sites for hydroxylation is 1. The van der Waals surface area contributed by atoms with E-state index in [9.17, 15) is 4.79 Å². The molecule has 1 heterocycles. The molecule has 0 aliphatic carbocycles. The summed E-state index contributed by atoms with van der Waals surface area (Å²) in [6.07, 6.45) is 3.76. The number of benzene rings is 3. The zero-order chi connectivity index (χ0) is 24.5. The first kappa shape index (κ1) is 24.6. The Kier molecular flexibility index (Phi) is 8.63. The van der Waals surface area contributed by atoms with Gasteiger partial charge in [-0.1, -0.05) is 48.4 Å². The zero-order valence-electron chi connectivity index (χ0n) is 19.9. The molecule has 3 aromatic carbocycles. The van der Waals surface area contributed by atoms with Crippen LogP contribution in [0.25, 0.3) is 11.0 Å². The lowest BCUT2D eigenvalue weighted by atomic mass is 10.1. The van der Waals surface area contributed by atoms with Gasteiger partial charge in [0.05, 0.1) is 24.7 Å². The number of carbonyl (C=O) groups excluding carboxylic acids is 1. The van der Waals surface area contributed by atoms with Gasteiger partial charge in [-0.2, -0.15) is 0 Å². The molecule has 4 aromatic rings. The van der Waals surface area contributed by atoms with Gasteiger partial charge in [0.2, 0.25) is 0 Å². The fourth-order valence-corrected chi connectivity index (χ4v) is 4.26. The van der Waals surface area contributed by atoms with E-state index >= 15 is 0 Å². The Morgan fingerprint density at radius 3 is 2.60 bits per heavy atom. The van der Waals surface area contributed by atoms with Crippen LogP contribution in [0.5, 0.6) is 11.5 Å². The molecule has 0 fully saturated rings. The highest BCUT2D eigenvalue weighted by molar-refractivity contribution is 6.30. The second-order valence-electron chi connectivity index (χ2n) is 8.24. The number of nitrogens with one attached hydrogen (secondary N) is 1. The Morgan fingerprint density at radius 1 is 0.971 bits per heavy atom. The summed E-state index contributed by atoms with van der Waals surface area (Å²) in [5, 5.41) is 3.53. The summed E-state index contributed by atoms with van der Waals surface area (Å²) in [7, 11) is 1.65. The standard InChI is InChI=1S/C28H30ClN3O3/c1-34-25-14-6-7-15-26(25)35-19-18-32-24-13-5-4-12-23(24)31-27(32)16-3-2-8-17-30-28(33)21-10-9-11-22(29)20-21/h4-7,9-15,20H,2-3,8,16-19H2,1H3,(H,30,33). The summed E-state index contributed by atoms with van der Waals surface area (Å²) < 4.78 is 13.6. The first-order valence-corrected chi connectivity index (χ1v) is 12.3. The van der Waals surface area contributed by atoms with E-state index in [2.05, 4.69) is 16.0 Å². The van der Waals surface area contributed by atoms with Crippen molar-refractivity contribution in [1.29, 1.82) is 0 Å². The Balaban J connectivity index is 1.28. The third-order valence-electron chi connectivity index (χ3n) is 5.82. The SMILES string of the molecule is COc1ccccc1OCCn1c(CCCCCNC(=O)c2cccc(Cl)c2)nc2ccccc21. The van der Waals surface area contributed by atoms with Crippen molar-refractivity contribution in [3.8, 4) is 11.5 Å². The lowest BCUT2D eigenvalue weighted by Gasteiger charge is -2.13. The van der Waals surface area contributed by atoms with Crippen LogP contribution in [0.1, 0.15) is 35.4 Å². The van der Waals surface area contributed by atoms with Gasteiger partial charge in [0, 0.05) is 23.6 Å². The Hall–Kier alpha value is -3.51. The molecule has 0 aliphatic rings. The van der Waals surface area contributed by atoms with E-state index in [0.29, 0.717) is 30.3 Å². The molecule has 4 rings (SSSR count). The van der Waals surface area contributed by atoms with Crippen molar-refractivity contribution in [3.05, 3.63) is 89.2 Å². The van der Waals surface area contributed by atoms with Gasteiger partial charge < -0.3 is 19.4 Å². The number of imidazole rings is 1. The smallest absolute Gasteiger partial charge is 0.251 e. The minimum Gasteiger partial charge on any atom is -0.493 e. The van der Waals surface area contributed by atoms with Crippen LogP contribution in [0, 0.1) is 0 Å². The van der Waals surface area contributed by atoms with E-state index in [4.69, 9.17) is 26.1 Å². The fraction of sp³-hybridized carbons (Fsp3) is 0.286. The second kappa shape index (κ2) is 12.3. The number of ether oxygens (including phenoxy) is 2. The molecule has 182 valence electrons. The van der Waals surface area contributed by atoms with Crippen LogP contribution in [-0.2, 0) is 13.0 Å². The van der Waals surface area contributed by atoms with Crippen molar-refractivity contribution >= 4 is 28.5 Å². The van der Waals surface area contributed by atoms with Gasteiger partial charge in [0.25, 0.3) is 5.91 Å². The van der Waals surface area contributed by atoms with Crippen molar-refractivity contribution in [2.24, 2.45) is 0 Å². The molecule has 0 unspecified atom stereocenters. The molecule has 1 aromatic heterocycles. The molecule has 35 heavy (non-hydrogen) atoms. The van der Waals surface area contributed by atoms with E-state index < -0.39 is 0 Å². The van der Waals surface area contributed by atoms with Crippen LogP contribution in [0.2, 0.25) is 5.02 Å². The molecule has 0 radical (unpaired) electrons. The Bertz CT molecular complexity index is 1270. The molecule has 6 nitrogen and oxygen atoms in total. The predicted molar refractivity (Wildman–Crippen MR) is 140 cm³/mol. The maximum atomic E-state index is 12.2. The summed E-state index contributed by atoms with van der Waals surface area (Å²) in [6, 6.07) is 22.8. The number of hydrogen-bond donors (Lipinski definition) is 1. The summed E-state index contributed by atoms with van der Waals surface area (Å²) in [5.74, 6) is 2.42. The zero-order valence-corrected chi connectivity index (χ0v) is 20.6. The number of amides is 1. The van der Waals surface area contributed by atoms with Crippen molar-refractivity contribution in [1.82, 2.24) is 14.9 Å². The summed E-state index contributed by atoms with van der Waals surface area (Å²) in [5.41, 5.74) is 2.69. The van der Waals surface area contributed by atoms with E-state index in [1.165, 1.54) is 0 Å². The predicted octanol–water partition coefficient (Wildman–Crippen LogP) is 5.92.